The van der Waals surface area contributed by atoms with Crippen molar-refractivity contribution >= 4 is 21.4 Å². The molecule has 0 unspecified atom stereocenters. The summed E-state index contributed by atoms with van der Waals surface area (Å²) in [5.74, 6) is -3.56. The SMILES string of the molecule is CCCCCOc1ccc(C(=O)Nc2ccccc2S(=O)(=O)C(F)F)cc1. The maximum atomic E-state index is 12.8. The molecule has 0 aliphatic rings. The Kier molecular flexibility index (Phi) is 7.29. The van der Waals surface area contributed by atoms with E-state index >= 15 is 0 Å². The van der Waals surface area contributed by atoms with Crippen molar-refractivity contribution < 1.29 is 26.7 Å². The Morgan fingerprint density at radius 3 is 2.37 bits per heavy atom. The van der Waals surface area contributed by atoms with Crippen LogP contribution in [-0.4, -0.2) is 26.7 Å². The number of amides is 1. The van der Waals surface area contributed by atoms with Gasteiger partial charge in [-0.25, -0.2) is 8.42 Å². The van der Waals surface area contributed by atoms with E-state index in [0.717, 1.165) is 25.3 Å². The fourth-order valence-electron chi connectivity index (χ4n) is 2.35. The lowest BCUT2D eigenvalue weighted by Gasteiger charge is -2.12. The number of carbonyl (C=O) groups is 1. The van der Waals surface area contributed by atoms with Gasteiger partial charge >= 0.3 is 5.76 Å². The second-order valence-corrected chi connectivity index (χ2v) is 7.72. The van der Waals surface area contributed by atoms with E-state index in [1.54, 1.807) is 12.1 Å². The molecule has 0 bridgehead atoms. The molecular weight excluding hydrogens is 376 g/mol. The number of unbranched alkanes of at least 4 members (excludes halogenated alkanes) is 2. The summed E-state index contributed by atoms with van der Waals surface area (Å²) in [4.78, 5) is 11.7. The summed E-state index contributed by atoms with van der Waals surface area (Å²) in [5, 5.41) is 2.37. The highest BCUT2D eigenvalue weighted by Gasteiger charge is 2.29. The van der Waals surface area contributed by atoms with Gasteiger partial charge in [-0.2, -0.15) is 8.78 Å². The third kappa shape index (κ3) is 5.50. The Labute approximate surface area is 157 Å². The number of benzene rings is 2. The molecule has 2 aromatic rings. The summed E-state index contributed by atoms with van der Waals surface area (Å²) in [6, 6.07) is 11.4. The monoisotopic (exact) mass is 397 g/mol. The molecule has 0 aromatic heterocycles. The van der Waals surface area contributed by atoms with Gasteiger partial charge in [0.05, 0.1) is 17.2 Å². The van der Waals surface area contributed by atoms with E-state index in [2.05, 4.69) is 12.2 Å². The Morgan fingerprint density at radius 1 is 1.07 bits per heavy atom. The molecule has 2 rings (SSSR count). The standard InChI is InChI=1S/C19H21F2NO4S/c1-2-3-6-13-26-15-11-9-14(10-12-15)18(23)22-16-7-4-5-8-17(16)27(24,25)19(20)21/h4-5,7-12,19H,2-3,6,13H2,1H3,(H,22,23). The Morgan fingerprint density at radius 2 is 1.74 bits per heavy atom. The van der Waals surface area contributed by atoms with Crippen LogP contribution < -0.4 is 10.1 Å². The second kappa shape index (κ2) is 9.45. The van der Waals surface area contributed by atoms with E-state index in [0.29, 0.717) is 12.4 Å². The first kappa shape index (κ1) is 20.8. The smallest absolute Gasteiger partial charge is 0.341 e. The van der Waals surface area contributed by atoms with Crippen molar-refractivity contribution in [1.82, 2.24) is 0 Å². The molecule has 0 saturated carbocycles. The summed E-state index contributed by atoms with van der Waals surface area (Å²) in [7, 11) is -4.83. The second-order valence-electron chi connectivity index (χ2n) is 5.84. The third-order valence-corrected chi connectivity index (χ3v) is 5.25. The highest BCUT2D eigenvalue weighted by atomic mass is 32.2. The predicted molar refractivity (Wildman–Crippen MR) is 99.0 cm³/mol. The van der Waals surface area contributed by atoms with Crippen LogP contribution in [0.25, 0.3) is 0 Å². The van der Waals surface area contributed by atoms with Crippen molar-refractivity contribution in [3.05, 3.63) is 54.1 Å². The third-order valence-electron chi connectivity index (χ3n) is 3.81. The molecule has 0 radical (unpaired) electrons. The summed E-state index contributed by atoms with van der Waals surface area (Å²) < 4.78 is 54.7. The van der Waals surface area contributed by atoms with Gasteiger partial charge in [-0.3, -0.25) is 4.79 Å². The van der Waals surface area contributed by atoms with E-state index in [1.807, 2.05) is 0 Å². The van der Waals surface area contributed by atoms with Crippen molar-refractivity contribution in [2.75, 3.05) is 11.9 Å². The maximum absolute atomic E-state index is 12.8. The average molecular weight is 397 g/mol. The number of carbonyl (C=O) groups excluding carboxylic acids is 1. The predicted octanol–water partition coefficient (Wildman–Crippen LogP) is 4.50. The van der Waals surface area contributed by atoms with Crippen LogP contribution >= 0.6 is 0 Å². The van der Waals surface area contributed by atoms with Gasteiger partial charge in [0, 0.05) is 5.56 Å². The highest BCUT2D eigenvalue weighted by Crippen LogP contribution is 2.26. The molecular formula is C19H21F2NO4S. The number of ether oxygens (including phenoxy) is 1. The van der Waals surface area contributed by atoms with Gasteiger partial charge in [0.1, 0.15) is 5.75 Å². The number of nitrogens with one attached hydrogen (secondary N) is 1. The molecule has 0 atom stereocenters. The maximum Gasteiger partial charge on any atom is 0.341 e. The van der Waals surface area contributed by atoms with Crippen molar-refractivity contribution in [1.29, 1.82) is 0 Å². The molecule has 5 nitrogen and oxygen atoms in total. The number of rotatable bonds is 9. The van der Waals surface area contributed by atoms with E-state index in [1.165, 1.54) is 30.3 Å². The molecule has 8 heteroatoms. The van der Waals surface area contributed by atoms with Crippen LogP contribution in [0.3, 0.4) is 0 Å². The number of sulfone groups is 1. The lowest BCUT2D eigenvalue weighted by Crippen LogP contribution is -2.17. The molecule has 27 heavy (non-hydrogen) atoms. The van der Waals surface area contributed by atoms with E-state index in [9.17, 15) is 22.0 Å². The lowest BCUT2D eigenvalue weighted by atomic mass is 10.2. The molecule has 146 valence electrons. The minimum atomic E-state index is -4.83. The van der Waals surface area contributed by atoms with Gasteiger partial charge in [0.2, 0.25) is 9.84 Å². The number of hydrogen-bond acceptors (Lipinski definition) is 4. The number of alkyl halides is 2. The number of anilines is 1. The molecule has 1 amide bonds. The number of hydrogen-bond donors (Lipinski definition) is 1. The molecule has 0 aliphatic heterocycles. The zero-order valence-corrected chi connectivity index (χ0v) is 15.6. The van der Waals surface area contributed by atoms with Crippen LogP contribution in [0.1, 0.15) is 36.5 Å². The summed E-state index contributed by atoms with van der Waals surface area (Å²) in [6.07, 6.45) is 3.10. The van der Waals surface area contributed by atoms with Gasteiger partial charge in [0.15, 0.2) is 0 Å². The van der Waals surface area contributed by atoms with Gasteiger partial charge in [-0.05, 0) is 42.8 Å². The molecule has 0 aliphatic carbocycles. The summed E-state index contributed by atoms with van der Waals surface area (Å²) in [6.45, 7) is 2.68. The van der Waals surface area contributed by atoms with Gasteiger partial charge < -0.3 is 10.1 Å². The fraction of sp³-hybridized carbons (Fsp3) is 0.316. The van der Waals surface area contributed by atoms with Crippen LogP contribution in [-0.2, 0) is 9.84 Å². The van der Waals surface area contributed by atoms with Gasteiger partial charge in [-0.15, -0.1) is 0 Å². The Balaban J connectivity index is 2.10. The first-order chi connectivity index (χ1) is 12.9. The summed E-state index contributed by atoms with van der Waals surface area (Å²) in [5.41, 5.74) is 0.0582. The first-order valence-electron chi connectivity index (χ1n) is 8.51. The van der Waals surface area contributed by atoms with E-state index in [-0.39, 0.29) is 11.3 Å². The molecule has 0 heterocycles. The Hall–Kier alpha value is -2.48. The van der Waals surface area contributed by atoms with Crippen molar-refractivity contribution in [3.63, 3.8) is 0 Å². The van der Waals surface area contributed by atoms with Crippen LogP contribution in [0.2, 0.25) is 0 Å². The largest absolute Gasteiger partial charge is 0.494 e. The lowest BCUT2D eigenvalue weighted by molar-refractivity contribution is 0.102. The van der Waals surface area contributed by atoms with Crippen LogP contribution in [0, 0.1) is 0 Å². The van der Waals surface area contributed by atoms with Crippen LogP contribution in [0.4, 0.5) is 14.5 Å². The van der Waals surface area contributed by atoms with E-state index < -0.39 is 26.4 Å². The van der Waals surface area contributed by atoms with Crippen LogP contribution in [0.5, 0.6) is 5.75 Å². The zero-order chi connectivity index (χ0) is 19.9. The minimum absolute atomic E-state index is 0.192. The number of para-hydroxylation sites is 1. The van der Waals surface area contributed by atoms with Crippen molar-refractivity contribution in [2.24, 2.45) is 0 Å². The first-order valence-corrected chi connectivity index (χ1v) is 10.1. The molecule has 0 fully saturated rings. The molecule has 0 saturated heterocycles. The topological polar surface area (TPSA) is 72.5 Å². The fourth-order valence-corrected chi connectivity index (χ4v) is 3.24. The molecule has 1 N–H and O–H groups in total. The Bertz CT molecular complexity index is 868. The molecule has 2 aromatic carbocycles. The number of halogens is 2. The quantitative estimate of drug-likeness (QED) is 0.632. The molecule has 0 spiro atoms. The van der Waals surface area contributed by atoms with Gasteiger partial charge in [-0.1, -0.05) is 31.9 Å². The minimum Gasteiger partial charge on any atom is -0.494 e. The van der Waals surface area contributed by atoms with Crippen LogP contribution in [0.15, 0.2) is 53.4 Å². The normalized spacial score (nSPS) is 11.4. The zero-order valence-electron chi connectivity index (χ0n) is 14.8. The van der Waals surface area contributed by atoms with Gasteiger partial charge in [0.25, 0.3) is 5.91 Å². The average Bonchev–Trinajstić information content (AvgIpc) is 2.66. The summed E-state index contributed by atoms with van der Waals surface area (Å²) >= 11 is 0. The van der Waals surface area contributed by atoms with Crippen molar-refractivity contribution in [3.8, 4) is 5.75 Å². The van der Waals surface area contributed by atoms with Crippen molar-refractivity contribution in [2.45, 2.75) is 36.8 Å². The van der Waals surface area contributed by atoms with E-state index in [4.69, 9.17) is 4.74 Å². The highest BCUT2D eigenvalue weighted by molar-refractivity contribution is 7.91.